The summed E-state index contributed by atoms with van der Waals surface area (Å²) in [5, 5.41) is 11.6. The van der Waals surface area contributed by atoms with Gasteiger partial charge in [-0.25, -0.2) is 0 Å². The van der Waals surface area contributed by atoms with Gasteiger partial charge in [-0.15, -0.1) is 10.2 Å². The molecule has 2 rings (SSSR count). The maximum Gasteiger partial charge on any atom is 0.194 e. The minimum absolute atomic E-state index is 0.790. The van der Waals surface area contributed by atoms with Gasteiger partial charge in [0.25, 0.3) is 0 Å². The Morgan fingerprint density at radius 1 is 1.28 bits per heavy atom. The summed E-state index contributed by atoms with van der Waals surface area (Å²) in [6, 6.07) is 8.39. The van der Waals surface area contributed by atoms with Crippen LogP contribution in [0.3, 0.4) is 0 Å². The molecule has 0 saturated carbocycles. The van der Waals surface area contributed by atoms with Crippen LogP contribution in [-0.2, 0) is 19.5 Å². The van der Waals surface area contributed by atoms with E-state index in [1.54, 1.807) is 6.33 Å². The Bertz CT molecular complexity index is 664. The van der Waals surface area contributed by atoms with Gasteiger partial charge in [0, 0.05) is 44.1 Å². The van der Waals surface area contributed by atoms with Crippen molar-refractivity contribution in [3.8, 4) is 0 Å². The van der Waals surface area contributed by atoms with Crippen molar-refractivity contribution >= 4 is 21.9 Å². The molecule has 6 nitrogen and oxygen atoms in total. The normalized spacial score (nSPS) is 11.6. The van der Waals surface area contributed by atoms with E-state index >= 15 is 0 Å². The standard InChI is InChI=1S/C18H27BrN6/c1-4-10-20-18(21-11-12-25-14-22-23-17(25)5-2)24(3)13-15-6-8-16(19)9-7-15/h6-9,14H,4-5,10-13H2,1-3H3,(H,20,21). The number of guanidine groups is 1. The van der Waals surface area contributed by atoms with Crippen LogP contribution in [-0.4, -0.2) is 45.8 Å². The first-order chi connectivity index (χ1) is 12.1. The SMILES string of the molecule is CCCN=C(NCCn1cnnc1CC)N(C)Cc1ccc(Br)cc1. The summed E-state index contributed by atoms with van der Waals surface area (Å²) < 4.78 is 3.18. The molecule has 2 aromatic rings. The summed E-state index contributed by atoms with van der Waals surface area (Å²) in [6.45, 7) is 7.48. The summed E-state index contributed by atoms with van der Waals surface area (Å²) in [7, 11) is 2.07. The lowest BCUT2D eigenvalue weighted by Gasteiger charge is -2.23. The molecule has 0 spiro atoms. The quantitative estimate of drug-likeness (QED) is 0.540. The summed E-state index contributed by atoms with van der Waals surface area (Å²) in [5.74, 6) is 1.94. The average molecular weight is 407 g/mol. The fourth-order valence-electron chi connectivity index (χ4n) is 2.50. The maximum atomic E-state index is 4.70. The van der Waals surface area contributed by atoms with Crippen molar-refractivity contribution in [2.24, 2.45) is 4.99 Å². The van der Waals surface area contributed by atoms with Gasteiger partial charge in [-0.05, 0) is 24.1 Å². The molecule has 7 heteroatoms. The highest BCUT2D eigenvalue weighted by molar-refractivity contribution is 9.10. The number of nitrogens with one attached hydrogen (secondary N) is 1. The van der Waals surface area contributed by atoms with Gasteiger partial charge >= 0.3 is 0 Å². The van der Waals surface area contributed by atoms with Gasteiger partial charge in [-0.1, -0.05) is 41.9 Å². The molecule has 0 fully saturated rings. The zero-order valence-electron chi connectivity index (χ0n) is 15.2. The van der Waals surface area contributed by atoms with E-state index in [0.717, 1.165) is 55.3 Å². The molecule has 1 aromatic carbocycles. The third-order valence-electron chi connectivity index (χ3n) is 3.83. The van der Waals surface area contributed by atoms with Crippen LogP contribution >= 0.6 is 15.9 Å². The minimum Gasteiger partial charge on any atom is -0.354 e. The number of hydrogen-bond acceptors (Lipinski definition) is 3. The van der Waals surface area contributed by atoms with Gasteiger partial charge in [0.05, 0.1) is 0 Å². The summed E-state index contributed by atoms with van der Waals surface area (Å²) in [4.78, 5) is 6.86. The van der Waals surface area contributed by atoms with Gasteiger partial charge in [0.15, 0.2) is 5.96 Å². The van der Waals surface area contributed by atoms with Crippen LogP contribution in [0.5, 0.6) is 0 Å². The number of rotatable bonds is 8. The van der Waals surface area contributed by atoms with Crippen molar-refractivity contribution < 1.29 is 0 Å². The van der Waals surface area contributed by atoms with Crippen LogP contribution in [0.1, 0.15) is 31.7 Å². The predicted molar refractivity (Wildman–Crippen MR) is 106 cm³/mol. The average Bonchev–Trinajstić information content (AvgIpc) is 3.07. The Morgan fingerprint density at radius 2 is 2.04 bits per heavy atom. The van der Waals surface area contributed by atoms with E-state index in [2.05, 4.69) is 86.1 Å². The molecular formula is C18H27BrN6. The minimum atomic E-state index is 0.790. The first-order valence-electron chi connectivity index (χ1n) is 8.74. The number of nitrogens with zero attached hydrogens (tertiary/aromatic N) is 5. The second kappa shape index (κ2) is 10.2. The van der Waals surface area contributed by atoms with Crippen LogP contribution in [0.15, 0.2) is 40.1 Å². The lowest BCUT2D eigenvalue weighted by atomic mass is 10.2. The molecule has 0 aliphatic rings. The third-order valence-corrected chi connectivity index (χ3v) is 4.36. The Kier molecular flexibility index (Phi) is 7.91. The molecule has 1 N–H and O–H groups in total. The molecule has 0 aliphatic heterocycles. The number of aliphatic imine (C=N–C) groups is 1. The topological polar surface area (TPSA) is 58.3 Å². The number of aryl methyl sites for hydroxylation is 1. The van der Waals surface area contributed by atoms with Gasteiger partial charge in [0.1, 0.15) is 12.2 Å². The van der Waals surface area contributed by atoms with E-state index in [1.807, 2.05) is 0 Å². The van der Waals surface area contributed by atoms with E-state index in [1.165, 1.54) is 5.56 Å². The van der Waals surface area contributed by atoms with Crippen LogP contribution < -0.4 is 5.32 Å². The summed E-state index contributed by atoms with van der Waals surface area (Å²) in [5.41, 5.74) is 1.25. The van der Waals surface area contributed by atoms with Crippen molar-refractivity contribution in [2.45, 2.75) is 39.8 Å². The summed E-state index contributed by atoms with van der Waals surface area (Å²) in [6.07, 6.45) is 3.71. The molecule has 1 aromatic heterocycles. The maximum absolute atomic E-state index is 4.70. The number of aromatic nitrogens is 3. The molecular weight excluding hydrogens is 380 g/mol. The van der Waals surface area contributed by atoms with Crippen LogP contribution in [0.25, 0.3) is 0 Å². The molecule has 0 saturated heterocycles. The Labute approximate surface area is 158 Å². The zero-order chi connectivity index (χ0) is 18.1. The van der Waals surface area contributed by atoms with Crippen LogP contribution in [0.2, 0.25) is 0 Å². The zero-order valence-corrected chi connectivity index (χ0v) is 16.8. The van der Waals surface area contributed by atoms with E-state index < -0.39 is 0 Å². The molecule has 0 aliphatic carbocycles. The van der Waals surface area contributed by atoms with E-state index in [9.17, 15) is 0 Å². The van der Waals surface area contributed by atoms with Gasteiger partial charge in [-0.2, -0.15) is 0 Å². The van der Waals surface area contributed by atoms with Crippen molar-refractivity contribution in [2.75, 3.05) is 20.1 Å². The number of hydrogen-bond donors (Lipinski definition) is 1. The molecule has 136 valence electrons. The van der Waals surface area contributed by atoms with Crippen molar-refractivity contribution in [3.05, 3.63) is 46.5 Å². The first-order valence-corrected chi connectivity index (χ1v) is 9.53. The molecule has 0 atom stereocenters. The highest BCUT2D eigenvalue weighted by Gasteiger charge is 2.08. The third kappa shape index (κ3) is 6.16. The Morgan fingerprint density at radius 3 is 2.72 bits per heavy atom. The molecule has 1 heterocycles. The number of halogens is 1. The lowest BCUT2D eigenvalue weighted by molar-refractivity contribution is 0.470. The van der Waals surface area contributed by atoms with Gasteiger partial charge in [0.2, 0.25) is 0 Å². The molecule has 0 radical (unpaired) electrons. The highest BCUT2D eigenvalue weighted by Crippen LogP contribution is 2.11. The second-order valence-electron chi connectivity index (χ2n) is 5.91. The van der Waals surface area contributed by atoms with Crippen LogP contribution in [0, 0.1) is 0 Å². The Hall–Kier alpha value is -1.89. The molecule has 0 bridgehead atoms. The van der Waals surface area contributed by atoms with Gasteiger partial charge in [-0.3, -0.25) is 4.99 Å². The molecule has 25 heavy (non-hydrogen) atoms. The van der Waals surface area contributed by atoms with E-state index in [4.69, 9.17) is 4.99 Å². The fourth-order valence-corrected chi connectivity index (χ4v) is 2.76. The highest BCUT2D eigenvalue weighted by atomic mass is 79.9. The Balaban J connectivity index is 1.94. The van der Waals surface area contributed by atoms with Crippen LogP contribution in [0.4, 0.5) is 0 Å². The van der Waals surface area contributed by atoms with E-state index in [0.29, 0.717) is 0 Å². The number of benzene rings is 1. The monoisotopic (exact) mass is 406 g/mol. The molecule has 0 amide bonds. The summed E-state index contributed by atoms with van der Waals surface area (Å²) >= 11 is 3.48. The smallest absolute Gasteiger partial charge is 0.194 e. The van der Waals surface area contributed by atoms with Crippen molar-refractivity contribution in [3.63, 3.8) is 0 Å². The van der Waals surface area contributed by atoms with Gasteiger partial charge < -0.3 is 14.8 Å². The second-order valence-corrected chi connectivity index (χ2v) is 6.82. The largest absolute Gasteiger partial charge is 0.354 e. The lowest BCUT2D eigenvalue weighted by Crippen LogP contribution is -2.40. The van der Waals surface area contributed by atoms with Crippen molar-refractivity contribution in [1.29, 1.82) is 0 Å². The fraction of sp³-hybridized carbons (Fsp3) is 0.500. The van der Waals surface area contributed by atoms with E-state index in [-0.39, 0.29) is 0 Å². The molecule has 0 unspecified atom stereocenters. The first kappa shape index (κ1) is 19.4. The van der Waals surface area contributed by atoms with Crippen molar-refractivity contribution in [1.82, 2.24) is 25.0 Å². The predicted octanol–water partition coefficient (Wildman–Crippen LogP) is 3.09.